The van der Waals surface area contributed by atoms with Crippen LogP contribution in [0.1, 0.15) is 13.8 Å². The molecule has 52 valence electrons. The molecule has 0 heterocycles. The molecule has 0 aliphatic carbocycles. The third-order valence-corrected chi connectivity index (χ3v) is 0.890. The molecular formula is C7H13NO. The van der Waals surface area contributed by atoms with E-state index in [0.717, 1.165) is 11.5 Å². The first kappa shape index (κ1) is 8.08. The van der Waals surface area contributed by atoms with Crippen LogP contribution in [-0.4, -0.2) is 7.11 Å². The molecule has 0 aromatic heterocycles. The molecule has 0 saturated carbocycles. The van der Waals surface area contributed by atoms with Gasteiger partial charge in [0.25, 0.3) is 0 Å². The molecule has 0 spiro atoms. The maximum atomic E-state index is 5.38. The minimum Gasteiger partial charge on any atom is -0.497 e. The van der Waals surface area contributed by atoms with Crippen molar-refractivity contribution in [1.82, 2.24) is 0 Å². The second kappa shape index (κ2) is 4.01. The Morgan fingerprint density at radius 2 is 2.11 bits per heavy atom. The fraction of sp³-hybridized carbons (Fsp3) is 0.429. The maximum absolute atomic E-state index is 5.38. The van der Waals surface area contributed by atoms with Crippen LogP contribution in [0, 0.1) is 0 Å². The van der Waals surface area contributed by atoms with Crippen LogP contribution in [0.5, 0.6) is 0 Å². The van der Waals surface area contributed by atoms with Crippen molar-refractivity contribution in [3.63, 3.8) is 0 Å². The van der Waals surface area contributed by atoms with Gasteiger partial charge in [-0.05, 0) is 26.0 Å². The molecule has 9 heavy (non-hydrogen) atoms. The predicted octanol–water partition coefficient (Wildman–Crippen LogP) is 1.40. The number of rotatable bonds is 2. The molecule has 0 rings (SSSR count). The highest BCUT2D eigenvalue weighted by Gasteiger charge is 1.85. The fourth-order valence-corrected chi connectivity index (χ4v) is 0.485. The van der Waals surface area contributed by atoms with E-state index in [2.05, 4.69) is 0 Å². The Morgan fingerprint density at radius 1 is 1.56 bits per heavy atom. The molecule has 0 aliphatic heterocycles. The van der Waals surface area contributed by atoms with E-state index in [1.165, 1.54) is 0 Å². The molecule has 0 bridgehead atoms. The third kappa shape index (κ3) is 3.64. The fourth-order valence-electron chi connectivity index (χ4n) is 0.485. The van der Waals surface area contributed by atoms with Crippen LogP contribution in [0.25, 0.3) is 0 Å². The van der Waals surface area contributed by atoms with E-state index in [1.54, 1.807) is 13.2 Å². The Hall–Kier alpha value is -0.920. The molecule has 0 unspecified atom stereocenters. The van der Waals surface area contributed by atoms with E-state index in [1.807, 2.05) is 19.9 Å². The largest absolute Gasteiger partial charge is 0.497 e. The first-order valence-electron chi connectivity index (χ1n) is 2.84. The summed E-state index contributed by atoms with van der Waals surface area (Å²) < 4.78 is 4.92. The van der Waals surface area contributed by atoms with Gasteiger partial charge in [0, 0.05) is 5.70 Å². The van der Waals surface area contributed by atoms with Crippen LogP contribution in [0.2, 0.25) is 0 Å². The zero-order valence-electron chi connectivity index (χ0n) is 6.14. The Kier molecular flexibility index (Phi) is 3.60. The molecule has 0 saturated heterocycles. The van der Waals surface area contributed by atoms with Gasteiger partial charge in [-0.2, -0.15) is 0 Å². The van der Waals surface area contributed by atoms with Gasteiger partial charge in [0.1, 0.15) is 5.76 Å². The van der Waals surface area contributed by atoms with Crippen molar-refractivity contribution in [1.29, 1.82) is 0 Å². The maximum Gasteiger partial charge on any atom is 0.116 e. The van der Waals surface area contributed by atoms with Gasteiger partial charge >= 0.3 is 0 Å². The minimum absolute atomic E-state index is 0.755. The van der Waals surface area contributed by atoms with Crippen molar-refractivity contribution >= 4 is 0 Å². The highest BCUT2D eigenvalue weighted by atomic mass is 16.5. The van der Waals surface area contributed by atoms with Crippen molar-refractivity contribution in [2.24, 2.45) is 5.73 Å². The SMILES string of the molecule is C/C=C(\C=C(\C)N)OC. The number of methoxy groups -OCH3 is 1. The number of hydrogen-bond acceptors (Lipinski definition) is 2. The number of ether oxygens (including phenoxy) is 1. The summed E-state index contributed by atoms with van der Waals surface area (Å²) in [7, 11) is 1.62. The summed E-state index contributed by atoms with van der Waals surface area (Å²) in [5.41, 5.74) is 6.14. The average molecular weight is 127 g/mol. The lowest BCUT2D eigenvalue weighted by Crippen LogP contribution is -1.92. The molecule has 0 aromatic rings. The van der Waals surface area contributed by atoms with Crippen molar-refractivity contribution < 1.29 is 4.74 Å². The summed E-state index contributed by atoms with van der Waals surface area (Å²) in [6, 6.07) is 0. The Balaban J connectivity index is 4.01. The molecule has 0 fully saturated rings. The van der Waals surface area contributed by atoms with E-state index in [0.29, 0.717) is 0 Å². The van der Waals surface area contributed by atoms with Gasteiger partial charge in [-0.3, -0.25) is 0 Å². The van der Waals surface area contributed by atoms with Crippen molar-refractivity contribution in [3.8, 4) is 0 Å². The molecule has 0 radical (unpaired) electrons. The lowest BCUT2D eigenvalue weighted by Gasteiger charge is -1.97. The number of hydrogen-bond donors (Lipinski definition) is 1. The summed E-state index contributed by atoms with van der Waals surface area (Å²) >= 11 is 0. The molecule has 0 atom stereocenters. The predicted molar refractivity (Wildman–Crippen MR) is 38.7 cm³/mol. The standard InChI is InChI=1S/C7H13NO/c1-4-7(9-3)5-6(2)8/h4-5H,8H2,1-3H3/b6-5-,7-4+. The van der Waals surface area contributed by atoms with E-state index in [4.69, 9.17) is 10.5 Å². The van der Waals surface area contributed by atoms with Gasteiger partial charge in [0.2, 0.25) is 0 Å². The quantitative estimate of drug-likeness (QED) is 0.449. The Morgan fingerprint density at radius 3 is 2.22 bits per heavy atom. The second-order valence-electron chi connectivity index (χ2n) is 1.78. The minimum atomic E-state index is 0.755. The van der Waals surface area contributed by atoms with E-state index in [9.17, 15) is 0 Å². The van der Waals surface area contributed by atoms with Gasteiger partial charge < -0.3 is 10.5 Å². The van der Waals surface area contributed by atoms with Crippen LogP contribution in [0.15, 0.2) is 23.6 Å². The van der Waals surface area contributed by atoms with Gasteiger partial charge in [-0.1, -0.05) is 0 Å². The molecule has 2 nitrogen and oxygen atoms in total. The molecular weight excluding hydrogens is 114 g/mol. The topological polar surface area (TPSA) is 35.2 Å². The summed E-state index contributed by atoms with van der Waals surface area (Å²) in [4.78, 5) is 0. The summed E-state index contributed by atoms with van der Waals surface area (Å²) in [6.45, 7) is 3.72. The Labute approximate surface area is 56.0 Å². The van der Waals surface area contributed by atoms with Gasteiger partial charge in [0.05, 0.1) is 7.11 Å². The van der Waals surface area contributed by atoms with E-state index < -0.39 is 0 Å². The van der Waals surface area contributed by atoms with Crippen LogP contribution in [0.4, 0.5) is 0 Å². The average Bonchev–Trinajstić information content (AvgIpc) is 1.82. The summed E-state index contributed by atoms with van der Waals surface area (Å²) in [5, 5.41) is 0. The first-order valence-corrected chi connectivity index (χ1v) is 2.84. The van der Waals surface area contributed by atoms with Crippen molar-refractivity contribution in [2.75, 3.05) is 7.11 Å². The molecule has 0 amide bonds. The molecule has 2 N–H and O–H groups in total. The van der Waals surface area contributed by atoms with Crippen LogP contribution in [-0.2, 0) is 4.74 Å². The normalized spacial score (nSPS) is 13.7. The van der Waals surface area contributed by atoms with Gasteiger partial charge in [0.15, 0.2) is 0 Å². The lowest BCUT2D eigenvalue weighted by atomic mass is 10.4. The zero-order valence-corrected chi connectivity index (χ0v) is 6.14. The molecule has 0 aliphatic rings. The van der Waals surface area contributed by atoms with Crippen LogP contribution in [0.3, 0.4) is 0 Å². The number of nitrogens with two attached hydrogens (primary N) is 1. The van der Waals surface area contributed by atoms with E-state index in [-0.39, 0.29) is 0 Å². The molecule has 0 aromatic carbocycles. The third-order valence-electron chi connectivity index (χ3n) is 0.890. The van der Waals surface area contributed by atoms with Crippen molar-refractivity contribution in [3.05, 3.63) is 23.6 Å². The zero-order chi connectivity index (χ0) is 7.28. The molecule has 2 heteroatoms. The first-order chi connectivity index (χ1) is 4.20. The van der Waals surface area contributed by atoms with Crippen LogP contribution >= 0.6 is 0 Å². The van der Waals surface area contributed by atoms with E-state index >= 15 is 0 Å². The van der Waals surface area contributed by atoms with Gasteiger partial charge in [-0.15, -0.1) is 0 Å². The van der Waals surface area contributed by atoms with Crippen molar-refractivity contribution in [2.45, 2.75) is 13.8 Å². The highest BCUT2D eigenvalue weighted by molar-refractivity contribution is 5.14. The summed E-state index contributed by atoms with van der Waals surface area (Å²) in [5.74, 6) is 0.801. The lowest BCUT2D eigenvalue weighted by molar-refractivity contribution is 0.305. The second-order valence-corrected chi connectivity index (χ2v) is 1.78. The van der Waals surface area contributed by atoms with Crippen LogP contribution < -0.4 is 5.73 Å². The summed E-state index contributed by atoms with van der Waals surface area (Å²) in [6.07, 6.45) is 3.64. The monoisotopic (exact) mass is 127 g/mol. The smallest absolute Gasteiger partial charge is 0.116 e. The number of allylic oxidation sites excluding steroid dienone is 3. The van der Waals surface area contributed by atoms with Gasteiger partial charge in [-0.25, -0.2) is 0 Å². The Bertz CT molecular complexity index is 132. The highest BCUT2D eigenvalue weighted by Crippen LogP contribution is 1.97.